The predicted octanol–water partition coefficient (Wildman–Crippen LogP) is 4.19. The molecule has 9 heteroatoms. The maximum absolute atomic E-state index is 13.0. The molecule has 0 spiro atoms. The number of carbonyl (C=O) groups excluding carboxylic acids is 5. The summed E-state index contributed by atoms with van der Waals surface area (Å²) < 4.78 is 21.4. The van der Waals surface area contributed by atoms with E-state index in [9.17, 15) is 24.0 Å². The zero-order chi connectivity index (χ0) is 29.2. The van der Waals surface area contributed by atoms with E-state index in [0.717, 1.165) is 38.5 Å². The molecule has 0 aromatic rings. The van der Waals surface area contributed by atoms with Crippen LogP contribution in [0.3, 0.4) is 0 Å². The molecule has 0 bridgehead atoms. The molecule has 0 radical (unpaired) electrons. The number of rotatable bonds is 8. The predicted molar refractivity (Wildman–Crippen MR) is 143 cm³/mol. The Labute approximate surface area is 235 Å². The van der Waals surface area contributed by atoms with Gasteiger partial charge >= 0.3 is 23.9 Å². The van der Waals surface area contributed by atoms with Gasteiger partial charge in [-0.05, 0) is 74.5 Å². The van der Waals surface area contributed by atoms with Crippen molar-refractivity contribution in [3.8, 4) is 0 Å². The molecule has 218 valence electrons. The molecule has 0 N–H and O–H groups in total. The van der Waals surface area contributed by atoms with Crippen molar-refractivity contribution in [3.63, 3.8) is 0 Å². The van der Waals surface area contributed by atoms with Gasteiger partial charge in [0.25, 0.3) is 0 Å². The highest BCUT2D eigenvalue weighted by molar-refractivity contribution is 6.01. The molecule has 6 unspecified atom stereocenters. The Balaban J connectivity index is 1.44. The van der Waals surface area contributed by atoms with E-state index >= 15 is 0 Å². The summed E-state index contributed by atoms with van der Waals surface area (Å²) in [5.74, 6) is -1.01. The Morgan fingerprint density at radius 3 is 2.38 bits per heavy atom. The lowest BCUT2D eigenvalue weighted by Crippen LogP contribution is -2.50. The Morgan fingerprint density at radius 1 is 0.975 bits per heavy atom. The molecule has 8 atom stereocenters. The number of hydrogen-bond acceptors (Lipinski definition) is 9. The number of hydrogen-bond donors (Lipinski definition) is 0. The lowest BCUT2D eigenvalue weighted by atomic mass is 9.48. The summed E-state index contributed by atoms with van der Waals surface area (Å²) in [4.78, 5) is 59.6. The zero-order valence-corrected chi connectivity index (χ0v) is 24.0. The first-order valence-corrected chi connectivity index (χ1v) is 14.1. The minimum Gasteiger partial charge on any atom is -0.462 e. The Morgan fingerprint density at radius 2 is 1.70 bits per heavy atom. The van der Waals surface area contributed by atoms with Crippen LogP contribution in [0.5, 0.6) is 0 Å². The van der Waals surface area contributed by atoms with Crippen molar-refractivity contribution < 1.29 is 42.9 Å². The standard InChI is InChI=1S/C31H40O9/c1-18(32)37-17-27(39-20(3)34)26(38-19(2)33)9-11-29(36)40-28-10-8-24-23-7-6-21-16-22(35)12-14-30(21,4)25(23)13-15-31(24,28)5/h9,11-12,14,16,23-28H,6-8,10,13,15,17H2,1-5H3/b11-9+/t23?,24?,25?,26-,27+,28?,30?,31?/m1/s1. The number of ether oxygens (including phenoxy) is 4. The van der Waals surface area contributed by atoms with Crippen molar-refractivity contribution in [1.29, 1.82) is 0 Å². The van der Waals surface area contributed by atoms with Crippen molar-refractivity contribution in [3.05, 3.63) is 36.0 Å². The largest absolute Gasteiger partial charge is 0.462 e. The van der Waals surface area contributed by atoms with Crippen LogP contribution in [-0.4, -0.2) is 54.6 Å². The summed E-state index contributed by atoms with van der Waals surface area (Å²) in [6.07, 6.45) is 11.3. The molecule has 4 rings (SSSR count). The first-order chi connectivity index (χ1) is 18.8. The van der Waals surface area contributed by atoms with Gasteiger partial charge in [-0.15, -0.1) is 0 Å². The van der Waals surface area contributed by atoms with Gasteiger partial charge in [-0.25, -0.2) is 4.79 Å². The number of carbonyl (C=O) groups is 5. The Bertz CT molecular complexity index is 1150. The van der Waals surface area contributed by atoms with Crippen molar-refractivity contribution >= 4 is 29.7 Å². The Hall–Kier alpha value is -3.23. The number of fused-ring (bicyclic) bond motifs is 5. The number of esters is 4. The quantitative estimate of drug-likeness (QED) is 0.246. The molecule has 0 heterocycles. The van der Waals surface area contributed by atoms with E-state index in [-0.39, 0.29) is 29.3 Å². The SMILES string of the molecule is CC(=O)OC[C@H](OC(C)=O)[C@@H](/C=C/C(=O)OC1CCC2C3CCC4=CC(=O)C=CC4(C)C3CCC12C)OC(C)=O. The van der Waals surface area contributed by atoms with Crippen LogP contribution in [0.2, 0.25) is 0 Å². The molecule has 40 heavy (non-hydrogen) atoms. The summed E-state index contributed by atoms with van der Waals surface area (Å²) in [7, 11) is 0. The summed E-state index contributed by atoms with van der Waals surface area (Å²) in [6, 6.07) is 0. The molecule has 0 saturated heterocycles. The second-order valence-corrected chi connectivity index (χ2v) is 12.0. The lowest BCUT2D eigenvalue weighted by Gasteiger charge is -2.56. The minimum atomic E-state index is -1.14. The highest BCUT2D eigenvalue weighted by Crippen LogP contribution is 2.64. The van der Waals surface area contributed by atoms with E-state index < -0.39 is 36.1 Å². The minimum absolute atomic E-state index is 0.0777. The molecule has 0 aromatic heterocycles. The van der Waals surface area contributed by atoms with Crippen LogP contribution in [0.15, 0.2) is 36.0 Å². The fourth-order valence-corrected chi connectivity index (χ4v) is 7.74. The van der Waals surface area contributed by atoms with Crippen molar-refractivity contribution in [2.75, 3.05) is 6.61 Å². The van der Waals surface area contributed by atoms with Crippen LogP contribution in [-0.2, 0) is 42.9 Å². The summed E-state index contributed by atoms with van der Waals surface area (Å²) in [5.41, 5.74) is 1.01. The molecular formula is C31H40O9. The fraction of sp³-hybridized carbons (Fsp3) is 0.645. The van der Waals surface area contributed by atoms with Gasteiger partial charge in [0.1, 0.15) is 12.7 Å². The zero-order valence-electron chi connectivity index (χ0n) is 24.0. The molecule has 3 saturated carbocycles. The van der Waals surface area contributed by atoms with Crippen LogP contribution < -0.4 is 0 Å². The number of ketones is 1. The average molecular weight is 557 g/mol. The van der Waals surface area contributed by atoms with Gasteiger partial charge in [-0.2, -0.15) is 0 Å². The van der Waals surface area contributed by atoms with Crippen LogP contribution in [0, 0.1) is 28.6 Å². The van der Waals surface area contributed by atoms with E-state index in [2.05, 4.69) is 19.9 Å². The van der Waals surface area contributed by atoms with E-state index in [1.807, 2.05) is 6.08 Å². The monoisotopic (exact) mass is 556 g/mol. The van der Waals surface area contributed by atoms with Crippen molar-refractivity contribution in [1.82, 2.24) is 0 Å². The van der Waals surface area contributed by atoms with Gasteiger partial charge < -0.3 is 18.9 Å². The van der Waals surface area contributed by atoms with Crippen LogP contribution >= 0.6 is 0 Å². The molecule has 0 amide bonds. The first-order valence-electron chi connectivity index (χ1n) is 14.1. The third-order valence-corrected chi connectivity index (χ3v) is 9.59. The highest BCUT2D eigenvalue weighted by atomic mass is 16.6. The normalized spacial score (nSPS) is 34.0. The maximum atomic E-state index is 13.0. The summed E-state index contributed by atoms with van der Waals surface area (Å²) in [5, 5.41) is 0. The fourth-order valence-electron chi connectivity index (χ4n) is 7.74. The number of allylic oxidation sites excluding steroid dienone is 4. The first kappa shape index (κ1) is 29.7. The van der Waals surface area contributed by atoms with Gasteiger partial charge in [-0.3, -0.25) is 19.2 Å². The van der Waals surface area contributed by atoms with Gasteiger partial charge in [0, 0.05) is 37.7 Å². The molecule has 0 aromatic carbocycles. The maximum Gasteiger partial charge on any atom is 0.330 e. The molecule has 4 aliphatic carbocycles. The van der Waals surface area contributed by atoms with Crippen LogP contribution in [0.4, 0.5) is 0 Å². The van der Waals surface area contributed by atoms with Gasteiger partial charge in [0.15, 0.2) is 18.0 Å². The van der Waals surface area contributed by atoms with Gasteiger partial charge in [0.2, 0.25) is 0 Å². The smallest absolute Gasteiger partial charge is 0.330 e. The summed E-state index contributed by atoms with van der Waals surface area (Å²) in [6.45, 7) is 7.74. The second-order valence-electron chi connectivity index (χ2n) is 12.0. The molecule has 3 fully saturated rings. The van der Waals surface area contributed by atoms with Gasteiger partial charge in [-0.1, -0.05) is 25.5 Å². The second kappa shape index (κ2) is 11.7. The molecular weight excluding hydrogens is 516 g/mol. The van der Waals surface area contributed by atoms with E-state index in [1.54, 1.807) is 6.08 Å². The molecule has 0 aliphatic heterocycles. The average Bonchev–Trinajstić information content (AvgIpc) is 3.20. The van der Waals surface area contributed by atoms with E-state index in [4.69, 9.17) is 18.9 Å². The van der Waals surface area contributed by atoms with Crippen LogP contribution in [0.25, 0.3) is 0 Å². The molecule has 9 nitrogen and oxygen atoms in total. The van der Waals surface area contributed by atoms with Crippen LogP contribution in [0.1, 0.15) is 73.1 Å². The topological polar surface area (TPSA) is 122 Å². The Kier molecular flexibility index (Phi) is 8.71. The van der Waals surface area contributed by atoms with Crippen molar-refractivity contribution in [2.24, 2.45) is 28.6 Å². The lowest BCUT2D eigenvalue weighted by molar-refractivity contribution is -0.169. The highest BCUT2D eigenvalue weighted by Gasteiger charge is 2.59. The third-order valence-electron chi connectivity index (χ3n) is 9.59. The third kappa shape index (κ3) is 6.08. The van der Waals surface area contributed by atoms with E-state index in [1.165, 1.54) is 38.5 Å². The van der Waals surface area contributed by atoms with E-state index in [0.29, 0.717) is 17.8 Å². The molecule has 4 aliphatic rings. The van der Waals surface area contributed by atoms with Gasteiger partial charge in [0.05, 0.1) is 0 Å². The summed E-state index contributed by atoms with van der Waals surface area (Å²) >= 11 is 0. The van der Waals surface area contributed by atoms with Crippen molar-refractivity contribution in [2.45, 2.75) is 91.5 Å².